The number of anilines is 1. The van der Waals surface area contributed by atoms with E-state index in [1.807, 2.05) is 18.2 Å². The minimum atomic E-state index is -2.43. The number of carbonyl (C=O) groups excluding carboxylic acids is 1. The van der Waals surface area contributed by atoms with Crippen molar-refractivity contribution in [3.05, 3.63) is 70.3 Å². The Labute approximate surface area is 264 Å². The van der Waals surface area contributed by atoms with Crippen LogP contribution >= 0.6 is 11.6 Å². The number of hydrogen-bond acceptors (Lipinski definition) is 6. The Morgan fingerprint density at radius 1 is 1.18 bits per heavy atom. The predicted octanol–water partition coefficient (Wildman–Crippen LogP) is 4.92. The first-order valence-corrected chi connectivity index (χ1v) is 16.3. The van der Waals surface area contributed by atoms with Crippen molar-refractivity contribution < 1.29 is 29.6 Å². The number of aryl methyl sites for hydroxylation is 1. The fourth-order valence-electron chi connectivity index (χ4n) is 8.05. The summed E-state index contributed by atoms with van der Waals surface area (Å²) in [5, 5.41) is 34.3. The Balaban J connectivity index is 1.49. The second kappa shape index (κ2) is 12.0. The largest absolute Gasteiger partial charge is 0.490 e. The van der Waals surface area contributed by atoms with Crippen LogP contribution in [0, 0.1) is 17.8 Å². The molecule has 0 radical (unpaired) electrons. The zero-order chi connectivity index (χ0) is 31.2. The normalized spacial score (nSPS) is 32.2. The molecular weight excluding hydrogens is 580 g/mol. The molecule has 0 aromatic heterocycles. The molecule has 2 heterocycles. The number of benzene rings is 2. The fourth-order valence-corrected chi connectivity index (χ4v) is 8.25. The molecule has 2 aromatic carbocycles. The predicted molar refractivity (Wildman–Crippen MR) is 169 cm³/mol. The van der Waals surface area contributed by atoms with Gasteiger partial charge in [-0.2, -0.15) is 0 Å². The third-order valence-electron chi connectivity index (χ3n) is 10.7. The number of amides is 1. The number of hydrogen-bond donors (Lipinski definition) is 3. The van der Waals surface area contributed by atoms with Crippen molar-refractivity contribution in [1.29, 1.82) is 0 Å². The summed E-state index contributed by atoms with van der Waals surface area (Å²) in [6.07, 6.45) is 8.60. The average Bonchev–Trinajstić information content (AvgIpc) is 3.13. The Kier molecular flexibility index (Phi) is 8.46. The van der Waals surface area contributed by atoms with E-state index in [1.165, 1.54) is 16.0 Å². The minimum Gasteiger partial charge on any atom is -0.490 e. The van der Waals surface area contributed by atoms with Gasteiger partial charge in [0.1, 0.15) is 5.75 Å². The molecule has 236 valence electrons. The number of ether oxygens (including phenoxy) is 1. The van der Waals surface area contributed by atoms with Crippen molar-refractivity contribution >= 4 is 29.2 Å². The second-order valence-corrected chi connectivity index (χ2v) is 13.7. The van der Waals surface area contributed by atoms with Gasteiger partial charge in [-0.05, 0) is 97.7 Å². The van der Waals surface area contributed by atoms with Crippen LogP contribution in [0.3, 0.4) is 0 Å². The summed E-state index contributed by atoms with van der Waals surface area (Å²) in [5.41, 5.74) is 0.575. The van der Waals surface area contributed by atoms with Gasteiger partial charge in [-0.15, -0.1) is 0 Å². The van der Waals surface area contributed by atoms with Gasteiger partial charge in [0, 0.05) is 37.1 Å². The highest BCUT2D eigenvalue weighted by molar-refractivity contribution is 6.30. The van der Waals surface area contributed by atoms with Crippen molar-refractivity contribution in [3.8, 4) is 5.75 Å². The van der Waals surface area contributed by atoms with Gasteiger partial charge in [0.15, 0.2) is 5.60 Å². The summed E-state index contributed by atoms with van der Waals surface area (Å²) in [5.74, 6) is -2.13. The molecule has 1 fully saturated rings. The molecule has 1 amide bonds. The lowest BCUT2D eigenvalue weighted by molar-refractivity contribution is -0.173. The summed E-state index contributed by atoms with van der Waals surface area (Å²) in [6, 6.07) is 11.2. The molecule has 0 unspecified atom stereocenters. The number of fused-ring (bicyclic) bond motifs is 4. The van der Waals surface area contributed by atoms with Crippen LogP contribution in [0.25, 0.3) is 0 Å². The highest BCUT2D eigenvalue weighted by Gasteiger charge is 2.51. The van der Waals surface area contributed by atoms with Gasteiger partial charge in [0.05, 0.1) is 24.3 Å². The van der Waals surface area contributed by atoms with E-state index in [1.54, 1.807) is 32.2 Å². The van der Waals surface area contributed by atoms with Crippen LogP contribution in [0.4, 0.5) is 5.69 Å². The number of carboxylic acid groups (broad SMARTS) is 1. The third-order valence-corrected chi connectivity index (χ3v) is 11.0. The lowest BCUT2D eigenvalue weighted by Crippen LogP contribution is -2.51. The van der Waals surface area contributed by atoms with Gasteiger partial charge in [-0.1, -0.05) is 42.8 Å². The highest BCUT2D eigenvalue weighted by Crippen LogP contribution is 2.48. The molecule has 4 aliphatic rings. The Morgan fingerprint density at radius 2 is 2.00 bits per heavy atom. The third kappa shape index (κ3) is 5.29. The van der Waals surface area contributed by atoms with Crippen molar-refractivity contribution in [2.24, 2.45) is 17.8 Å². The number of rotatable bonds is 2. The maximum absolute atomic E-state index is 13.6. The van der Waals surface area contributed by atoms with Crippen molar-refractivity contribution in [3.63, 3.8) is 0 Å². The molecular formula is C35H43ClN2O6. The second-order valence-electron chi connectivity index (χ2n) is 13.3. The van der Waals surface area contributed by atoms with E-state index in [-0.39, 0.29) is 29.2 Å². The van der Waals surface area contributed by atoms with Gasteiger partial charge in [0.25, 0.3) is 0 Å². The Morgan fingerprint density at radius 3 is 2.73 bits per heavy atom. The first-order valence-electron chi connectivity index (χ1n) is 15.9. The lowest BCUT2D eigenvalue weighted by atomic mass is 9.68. The lowest BCUT2D eigenvalue weighted by Gasteiger charge is -2.45. The smallest absolute Gasteiger partial charge is 0.341 e. The molecule has 1 spiro atoms. The van der Waals surface area contributed by atoms with Crippen molar-refractivity contribution in [2.75, 3.05) is 38.2 Å². The topological polar surface area (TPSA) is 111 Å². The Hall–Kier alpha value is -3.07. The summed E-state index contributed by atoms with van der Waals surface area (Å²) >= 11 is 6.40. The van der Waals surface area contributed by atoms with E-state index in [4.69, 9.17) is 16.3 Å². The van der Waals surface area contributed by atoms with Crippen LogP contribution in [0.15, 0.2) is 48.6 Å². The number of carboxylic acids is 1. The molecule has 2 bridgehead atoms. The number of aliphatic hydroxyl groups is 2. The zero-order valence-electron chi connectivity index (χ0n) is 25.5. The molecule has 6 atom stereocenters. The number of aliphatic carboxylic acids is 1. The fraction of sp³-hybridized carbons (Fsp3) is 0.543. The average molecular weight is 623 g/mol. The van der Waals surface area contributed by atoms with E-state index in [2.05, 4.69) is 17.0 Å². The standard InChI is InChI=1S/C35H43ClN2O6/c1-3-27-32(40)37(2)16-5-4-8-30(39)26-12-9-23(26)19-38-20-34(15-6-7-22-17-25(36)11-13-28(22)34)21-44-31-14-10-24(18-29(31)38)35(27,43)33(41)42/h4,8,10-11,13-14,17-18,23,26-27,30,39,43H,3,5-7,9,12,15-16,19-21H2,1-2H3,(H,41,42)/t23-,26+,27+,30-,34-,35-/m0/s1. The van der Waals surface area contributed by atoms with Crippen LogP contribution in [-0.4, -0.2) is 71.5 Å². The molecule has 44 heavy (non-hydrogen) atoms. The van der Waals surface area contributed by atoms with E-state index < -0.39 is 29.5 Å². The molecule has 9 heteroatoms. The van der Waals surface area contributed by atoms with Gasteiger partial charge < -0.3 is 29.9 Å². The van der Waals surface area contributed by atoms with E-state index in [9.17, 15) is 24.9 Å². The monoisotopic (exact) mass is 622 g/mol. The first-order chi connectivity index (χ1) is 21.1. The number of halogens is 1. The maximum atomic E-state index is 13.6. The number of carbonyl (C=O) groups is 2. The van der Waals surface area contributed by atoms with E-state index >= 15 is 0 Å². The molecule has 3 N–H and O–H groups in total. The van der Waals surface area contributed by atoms with Crippen LogP contribution in [0.1, 0.15) is 62.1 Å². The van der Waals surface area contributed by atoms with Crippen LogP contribution < -0.4 is 9.64 Å². The molecule has 6 rings (SSSR count). The van der Waals surface area contributed by atoms with Gasteiger partial charge in [-0.3, -0.25) is 4.79 Å². The molecule has 2 aliphatic carbocycles. The van der Waals surface area contributed by atoms with E-state index in [0.717, 1.165) is 32.1 Å². The summed E-state index contributed by atoms with van der Waals surface area (Å²) in [4.78, 5) is 30.3. The summed E-state index contributed by atoms with van der Waals surface area (Å²) in [7, 11) is 1.63. The summed E-state index contributed by atoms with van der Waals surface area (Å²) < 4.78 is 6.58. The van der Waals surface area contributed by atoms with Crippen molar-refractivity contribution in [2.45, 2.75) is 69.0 Å². The zero-order valence-corrected chi connectivity index (χ0v) is 26.3. The number of aliphatic hydroxyl groups excluding tert-OH is 1. The minimum absolute atomic E-state index is 0.100. The highest BCUT2D eigenvalue weighted by atomic mass is 35.5. The number of nitrogens with zero attached hydrogens (tertiary/aromatic N) is 2. The van der Waals surface area contributed by atoms with Gasteiger partial charge in [0.2, 0.25) is 5.91 Å². The van der Waals surface area contributed by atoms with Crippen LogP contribution in [0.5, 0.6) is 5.75 Å². The van der Waals surface area contributed by atoms with Crippen LogP contribution in [0.2, 0.25) is 5.02 Å². The Bertz CT molecular complexity index is 1460. The summed E-state index contributed by atoms with van der Waals surface area (Å²) in [6.45, 7) is 3.82. The maximum Gasteiger partial charge on any atom is 0.341 e. The SMILES string of the molecule is CC[C@@H]1C(=O)N(C)CCC=C[C@H](O)[C@@H]2CC[C@H]2CN2C[C@@]3(CCCc4cc(Cl)ccc43)COc3ccc(cc32)[C@@]1(O)C(=O)O. The van der Waals surface area contributed by atoms with Gasteiger partial charge in [-0.25, -0.2) is 4.79 Å². The molecule has 2 aromatic rings. The first kappa shape index (κ1) is 30.9. The van der Waals surface area contributed by atoms with Gasteiger partial charge >= 0.3 is 5.97 Å². The van der Waals surface area contributed by atoms with E-state index in [0.29, 0.717) is 49.1 Å². The molecule has 0 saturated heterocycles. The van der Waals surface area contributed by atoms with Crippen LogP contribution in [-0.2, 0) is 27.0 Å². The quantitative estimate of drug-likeness (QED) is 0.408. The molecule has 8 nitrogen and oxygen atoms in total. The van der Waals surface area contributed by atoms with Crippen molar-refractivity contribution in [1.82, 2.24) is 4.90 Å². The molecule has 1 saturated carbocycles. The molecule has 2 aliphatic heterocycles.